The molecule has 0 bridgehead atoms. The molecule has 1 amide bonds. The maximum Gasteiger partial charge on any atom is 0.348 e. The molecule has 2 aromatic heterocycles. The molecule has 0 saturated heterocycles. The summed E-state index contributed by atoms with van der Waals surface area (Å²) in [6.07, 6.45) is 1.25. The van der Waals surface area contributed by atoms with Gasteiger partial charge in [-0.3, -0.25) is 4.79 Å². The zero-order valence-electron chi connectivity index (χ0n) is 17.6. The number of thiophene rings is 1. The first-order valence-corrected chi connectivity index (χ1v) is 10.4. The number of carbonyl (C=O) groups excluding carboxylic acids is 4. The number of esters is 3. The number of fused-ring (bicyclic) bond motifs is 1. The molecule has 0 saturated carbocycles. The Balaban J connectivity index is 1.72. The lowest BCUT2D eigenvalue weighted by molar-refractivity contribution is -0.119. The molecule has 0 aliphatic carbocycles. The smallest absolute Gasteiger partial charge is 0.348 e. The van der Waals surface area contributed by atoms with Crippen LogP contribution >= 0.6 is 11.3 Å². The summed E-state index contributed by atoms with van der Waals surface area (Å²) in [5.74, 6) is -2.73. The summed E-state index contributed by atoms with van der Waals surface area (Å²) in [4.78, 5) is 53.3. The highest BCUT2D eigenvalue weighted by Crippen LogP contribution is 2.34. The first-order chi connectivity index (χ1) is 15.3. The first-order valence-electron chi connectivity index (χ1n) is 9.63. The zero-order chi connectivity index (χ0) is 23.3. The van der Waals surface area contributed by atoms with E-state index in [-0.39, 0.29) is 34.2 Å². The first kappa shape index (κ1) is 22.9. The number of carbonyl (C=O) groups is 4. The Labute approximate surface area is 186 Å². The molecular formula is C21H20N2O8S. The lowest BCUT2D eigenvalue weighted by Crippen LogP contribution is -2.21. The van der Waals surface area contributed by atoms with Gasteiger partial charge in [0.25, 0.3) is 5.91 Å². The van der Waals surface area contributed by atoms with Crippen molar-refractivity contribution in [2.75, 3.05) is 25.1 Å². The number of nitrogens with one attached hydrogen (secondary N) is 1. The highest BCUT2D eigenvalue weighted by Gasteiger charge is 2.27. The van der Waals surface area contributed by atoms with E-state index in [0.717, 1.165) is 11.3 Å². The molecule has 1 aromatic carbocycles. The molecule has 0 radical (unpaired) electrons. The number of amides is 1. The number of aromatic nitrogens is 1. The molecule has 0 atom stereocenters. The van der Waals surface area contributed by atoms with Crippen molar-refractivity contribution >= 4 is 51.3 Å². The number of rotatable bonds is 8. The van der Waals surface area contributed by atoms with E-state index < -0.39 is 30.4 Å². The highest BCUT2D eigenvalue weighted by molar-refractivity contribution is 7.18. The van der Waals surface area contributed by atoms with E-state index in [1.807, 2.05) is 0 Å². The van der Waals surface area contributed by atoms with Crippen LogP contribution in [0.5, 0.6) is 0 Å². The van der Waals surface area contributed by atoms with Gasteiger partial charge in [0.05, 0.1) is 24.3 Å². The van der Waals surface area contributed by atoms with Crippen molar-refractivity contribution in [1.29, 1.82) is 0 Å². The Morgan fingerprint density at radius 2 is 1.75 bits per heavy atom. The Morgan fingerprint density at radius 3 is 2.47 bits per heavy atom. The third kappa shape index (κ3) is 4.94. The fourth-order valence-corrected chi connectivity index (χ4v) is 3.91. The second-order valence-electron chi connectivity index (χ2n) is 6.36. The van der Waals surface area contributed by atoms with Crippen LogP contribution in [0, 0.1) is 6.92 Å². The van der Waals surface area contributed by atoms with E-state index in [4.69, 9.17) is 18.6 Å². The Morgan fingerprint density at radius 1 is 1.03 bits per heavy atom. The number of ether oxygens (including phenoxy) is 3. The molecule has 0 aliphatic rings. The van der Waals surface area contributed by atoms with Crippen molar-refractivity contribution in [3.63, 3.8) is 0 Å². The van der Waals surface area contributed by atoms with Crippen LogP contribution in [0.1, 0.15) is 49.8 Å². The quantitative estimate of drug-likeness (QED) is 0.397. The zero-order valence-corrected chi connectivity index (χ0v) is 18.4. The van der Waals surface area contributed by atoms with Crippen molar-refractivity contribution in [3.8, 4) is 0 Å². The van der Waals surface area contributed by atoms with Gasteiger partial charge in [-0.15, -0.1) is 11.3 Å². The SMILES string of the molecule is CCOC(=O)c1sc(NC(=O)COC(=O)c2ccc3ocnc3c2)c(C(=O)OCC)c1C. The monoisotopic (exact) mass is 460 g/mol. The second kappa shape index (κ2) is 10.1. The molecular weight excluding hydrogens is 440 g/mol. The Hall–Kier alpha value is -3.73. The molecule has 2 heterocycles. The van der Waals surface area contributed by atoms with E-state index in [9.17, 15) is 19.2 Å². The Kier molecular flexibility index (Phi) is 7.21. The molecule has 3 aromatic rings. The summed E-state index contributed by atoms with van der Waals surface area (Å²) >= 11 is 0.883. The predicted molar refractivity (Wildman–Crippen MR) is 114 cm³/mol. The van der Waals surface area contributed by atoms with Crippen molar-refractivity contribution in [2.24, 2.45) is 0 Å². The topological polar surface area (TPSA) is 134 Å². The third-order valence-corrected chi connectivity index (χ3v) is 5.43. The lowest BCUT2D eigenvalue weighted by Gasteiger charge is -2.08. The van der Waals surface area contributed by atoms with Gasteiger partial charge in [-0.25, -0.2) is 19.4 Å². The summed E-state index contributed by atoms with van der Waals surface area (Å²) in [6.45, 7) is 4.52. The largest absolute Gasteiger partial charge is 0.462 e. The maximum absolute atomic E-state index is 12.4. The van der Waals surface area contributed by atoms with Crippen LogP contribution in [0.2, 0.25) is 0 Å². The van der Waals surface area contributed by atoms with Gasteiger partial charge in [-0.1, -0.05) is 0 Å². The third-order valence-electron chi connectivity index (χ3n) is 4.24. The summed E-state index contributed by atoms with van der Waals surface area (Å²) in [5.41, 5.74) is 1.57. The van der Waals surface area contributed by atoms with Crippen LogP contribution in [0.4, 0.5) is 5.00 Å². The summed E-state index contributed by atoms with van der Waals surface area (Å²) in [5, 5.41) is 2.61. The number of anilines is 1. The second-order valence-corrected chi connectivity index (χ2v) is 7.38. The molecule has 10 nitrogen and oxygen atoms in total. The van der Waals surface area contributed by atoms with Gasteiger partial charge >= 0.3 is 17.9 Å². The fraction of sp³-hybridized carbons (Fsp3) is 0.286. The van der Waals surface area contributed by atoms with Gasteiger partial charge in [0.1, 0.15) is 15.4 Å². The normalized spacial score (nSPS) is 10.6. The fourth-order valence-electron chi connectivity index (χ4n) is 2.80. The predicted octanol–water partition coefficient (Wildman–Crippen LogP) is 3.35. The highest BCUT2D eigenvalue weighted by atomic mass is 32.1. The summed E-state index contributed by atoms with van der Waals surface area (Å²) in [6, 6.07) is 4.53. The average Bonchev–Trinajstić information content (AvgIpc) is 3.36. The van der Waals surface area contributed by atoms with Gasteiger partial charge in [0.15, 0.2) is 18.6 Å². The van der Waals surface area contributed by atoms with Crippen LogP contribution in [0.25, 0.3) is 11.1 Å². The molecule has 168 valence electrons. The molecule has 11 heteroatoms. The van der Waals surface area contributed by atoms with Gasteiger partial charge in [0.2, 0.25) is 0 Å². The van der Waals surface area contributed by atoms with E-state index in [0.29, 0.717) is 16.7 Å². The van der Waals surface area contributed by atoms with Crippen LogP contribution in [0.3, 0.4) is 0 Å². The minimum absolute atomic E-state index is 0.0519. The summed E-state index contributed by atoms with van der Waals surface area (Å²) in [7, 11) is 0. The molecule has 0 spiro atoms. The van der Waals surface area contributed by atoms with E-state index >= 15 is 0 Å². The van der Waals surface area contributed by atoms with Crippen LogP contribution in [-0.2, 0) is 19.0 Å². The van der Waals surface area contributed by atoms with Gasteiger partial charge in [-0.05, 0) is 44.5 Å². The molecule has 0 aliphatic heterocycles. The van der Waals surface area contributed by atoms with Crippen LogP contribution in [-0.4, -0.2) is 48.6 Å². The molecule has 32 heavy (non-hydrogen) atoms. The Bertz CT molecular complexity index is 1180. The molecule has 1 N–H and O–H groups in total. The lowest BCUT2D eigenvalue weighted by atomic mass is 10.1. The number of benzene rings is 1. The number of oxazole rings is 1. The maximum atomic E-state index is 12.4. The number of hydrogen-bond acceptors (Lipinski definition) is 10. The number of nitrogens with zero attached hydrogens (tertiary/aromatic N) is 1. The molecule has 0 fully saturated rings. The van der Waals surface area contributed by atoms with Gasteiger partial charge < -0.3 is 23.9 Å². The van der Waals surface area contributed by atoms with Gasteiger partial charge in [0, 0.05) is 0 Å². The summed E-state index contributed by atoms with van der Waals surface area (Å²) < 4.78 is 20.2. The van der Waals surface area contributed by atoms with Gasteiger partial charge in [-0.2, -0.15) is 0 Å². The average molecular weight is 460 g/mol. The van der Waals surface area contributed by atoms with E-state index in [1.165, 1.54) is 18.5 Å². The van der Waals surface area contributed by atoms with E-state index in [1.54, 1.807) is 26.8 Å². The van der Waals surface area contributed by atoms with Crippen molar-refractivity contribution in [3.05, 3.63) is 46.2 Å². The molecule has 0 unspecified atom stereocenters. The minimum atomic E-state index is -0.731. The molecule has 3 rings (SSSR count). The van der Waals surface area contributed by atoms with Crippen molar-refractivity contribution in [2.45, 2.75) is 20.8 Å². The van der Waals surface area contributed by atoms with Crippen molar-refractivity contribution < 1.29 is 37.8 Å². The van der Waals surface area contributed by atoms with Crippen molar-refractivity contribution in [1.82, 2.24) is 4.98 Å². The van der Waals surface area contributed by atoms with Crippen LogP contribution < -0.4 is 5.32 Å². The minimum Gasteiger partial charge on any atom is -0.462 e. The number of hydrogen-bond donors (Lipinski definition) is 1. The standard InChI is InChI=1S/C21H20N2O8S/c1-4-28-20(26)16-11(3)17(21(27)29-5-2)32-18(16)23-15(24)9-30-19(25)12-6-7-14-13(8-12)22-10-31-14/h6-8,10H,4-5,9H2,1-3H3,(H,23,24). The van der Waals surface area contributed by atoms with Crippen LogP contribution in [0.15, 0.2) is 29.0 Å². The van der Waals surface area contributed by atoms with E-state index in [2.05, 4.69) is 10.3 Å².